The number of anilines is 3. The van der Waals surface area contributed by atoms with Crippen molar-refractivity contribution in [2.45, 2.75) is 138 Å². The fraction of sp³-hybridized carbons (Fsp3) is 0.463. The number of carbonyl (C=O) groups excluding carboxylic acids is 6. The number of hydrogen-bond acceptors (Lipinski definition) is 18. The molecule has 5 aromatic rings. The molecule has 432 valence electrons. The highest BCUT2D eigenvalue weighted by atomic mass is 19.1. The Morgan fingerprint density at radius 2 is 1.41 bits per heavy atom. The van der Waals surface area contributed by atoms with Gasteiger partial charge in [0.1, 0.15) is 57.8 Å². The number of aromatic nitrogens is 5. The van der Waals surface area contributed by atoms with Gasteiger partial charge in [-0.15, -0.1) is 0 Å². The van der Waals surface area contributed by atoms with Crippen LogP contribution in [0.3, 0.4) is 0 Å². The Morgan fingerprint density at radius 1 is 0.775 bits per heavy atom. The number of esters is 1. The van der Waals surface area contributed by atoms with Crippen LogP contribution in [0.4, 0.5) is 40.5 Å². The molecule has 0 aliphatic rings. The van der Waals surface area contributed by atoms with Crippen LogP contribution in [0.15, 0.2) is 65.9 Å². The lowest BCUT2D eigenvalue weighted by atomic mass is 10.1. The van der Waals surface area contributed by atoms with E-state index in [4.69, 9.17) is 38.5 Å². The van der Waals surface area contributed by atoms with Gasteiger partial charge in [0.05, 0.1) is 38.1 Å². The number of fused-ring (bicyclic) bond motifs is 1. The molecule has 0 fully saturated rings. The molecular formula is C54H70F2N12O12. The first-order valence-corrected chi connectivity index (χ1v) is 25.6. The van der Waals surface area contributed by atoms with Crippen LogP contribution < -0.4 is 41.4 Å². The Balaban J connectivity index is 1.26. The summed E-state index contributed by atoms with van der Waals surface area (Å²) in [7, 11) is 0. The molecule has 0 bridgehead atoms. The van der Waals surface area contributed by atoms with Crippen molar-refractivity contribution >= 4 is 70.2 Å². The zero-order valence-corrected chi connectivity index (χ0v) is 46.9. The number of guanidine groups is 1. The van der Waals surface area contributed by atoms with Gasteiger partial charge in [-0.3, -0.25) is 29.9 Å². The van der Waals surface area contributed by atoms with E-state index in [9.17, 15) is 28.8 Å². The molecular weight excluding hydrogens is 1050 g/mol. The average molecular weight is 1120 g/mol. The number of nitrogens with one attached hydrogen (secondary N) is 6. The summed E-state index contributed by atoms with van der Waals surface area (Å²) >= 11 is 0. The first-order valence-electron chi connectivity index (χ1n) is 25.6. The Morgan fingerprint density at radius 3 is 2.04 bits per heavy atom. The minimum atomic E-state index is -1.24. The number of carbonyl (C=O) groups is 6. The summed E-state index contributed by atoms with van der Waals surface area (Å²) in [6.07, 6.45) is 0.402. The fourth-order valence-corrected chi connectivity index (χ4v) is 7.14. The van der Waals surface area contributed by atoms with Gasteiger partial charge in [0.2, 0.25) is 17.8 Å². The summed E-state index contributed by atoms with van der Waals surface area (Å²) in [5.74, 6) is -3.04. The second-order valence-corrected chi connectivity index (χ2v) is 20.9. The molecule has 80 heavy (non-hydrogen) atoms. The minimum absolute atomic E-state index is 0.0255. The van der Waals surface area contributed by atoms with Crippen LogP contribution in [0.25, 0.3) is 22.4 Å². The van der Waals surface area contributed by atoms with E-state index in [1.807, 2.05) is 0 Å². The quantitative estimate of drug-likeness (QED) is 0.0133. The van der Waals surface area contributed by atoms with Crippen LogP contribution in [0.2, 0.25) is 0 Å². The molecule has 3 aromatic heterocycles. The summed E-state index contributed by atoms with van der Waals surface area (Å²) in [6, 6.07) is 10.1. The Bertz CT molecular complexity index is 2990. The third-order valence-corrected chi connectivity index (χ3v) is 10.4. The molecule has 26 heteroatoms. The van der Waals surface area contributed by atoms with Crippen molar-refractivity contribution in [2.24, 2.45) is 4.99 Å². The number of benzene rings is 2. The topological polar surface area (TPSA) is 299 Å². The van der Waals surface area contributed by atoms with Crippen molar-refractivity contribution in [3.63, 3.8) is 0 Å². The maximum atomic E-state index is 15.3. The maximum Gasteiger partial charge on any atom is 0.414 e. The standard InChI is InChI=1S/C54H70F2N12O12/c1-13-75-34-27-37(55)36(38(56)28-34)30-68-40-20-15-14-18-35(40)43(67-68)45-59-29-41(44(64-45)62-33-21-23-57-42(26-33)61-32(3)69)76-24-17-25-77-47(71)31(2)60-46(70)39(63-49(72)78-52(4,5)6)19-16-22-58-48(65-50(73)79-53(7,8)9)66-51(74)80-54(10,11)12/h14-15,18,20-21,23,26-29,31,39H,13,16-17,19,22,24-25,30H2,1-12H3,(H,60,70)(H,63,72)(H2,58,65,66,73,74)(H2,57,59,61,62,64,69)/t31-,39-/m0/s1. The van der Waals surface area contributed by atoms with Gasteiger partial charge in [0, 0.05) is 60.9 Å². The van der Waals surface area contributed by atoms with E-state index in [1.54, 1.807) is 106 Å². The molecule has 3 heterocycles. The van der Waals surface area contributed by atoms with Gasteiger partial charge in [0.15, 0.2) is 17.4 Å². The van der Waals surface area contributed by atoms with Crippen molar-refractivity contribution in [3.8, 4) is 23.0 Å². The average Bonchev–Trinajstić information content (AvgIpc) is 3.70. The van der Waals surface area contributed by atoms with Crippen LogP contribution in [-0.4, -0.2) is 122 Å². The van der Waals surface area contributed by atoms with Crippen molar-refractivity contribution in [2.75, 3.05) is 37.0 Å². The lowest BCUT2D eigenvalue weighted by Gasteiger charge is -2.24. The van der Waals surface area contributed by atoms with Crippen molar-refractivity contribution in [1.29, 1.82) is 0 Å². The second kappa shape index (κ2) is 27.7. The molecule has 24 nitrogen and oxygen atoms in total. The number of ether oxygens (including phenoxy) is 6. The Kier molecular flexibility index (Phi) is 21.5. The molecule has 0 aliphatic heterocycles. The number of para-hydroxylation sites is 1. The predicted molar refractivity (Wildman–Crippen MR) is 291 cm³/mol. The number of aliphatic imine (C=N–C) groups is 1. The molecule has 0 aliphatic carbocycles. The fourth-order valence-electron chi connectivity index (χ4n) is 7.14. The van der Waals surface area contributed by atoms with Crippen LogP contribution in [-0.2, 0) is 39.9 Å². The molecule has 2 atom stereocenters. The second-order valence-electron chi connectivity index (χ2n) is 20.9. The molecule has 0 unspecified atom stereocenters. The predicted octanol–water partition coefficient (Wildman–Crippen LogP) is 8.21. The summed E-state index contributed by atoms with van der Waals surface area (Å²) in [4.78, 5) is 94.4. The smallest absolute Gasteiger partial charge is 0.414 e. The highest BCUT2D eigenvalue weighted by Crippen LogP contribution is 2.33. The third kappa shape index (κ3) is 20.3. The van der Waals surface area contributed by atoms with Crippen molar-refractivity contribution in [3.05, 3.63) is 78.1 Å². The largest absolute Gasteiger partial charge is 0.494 e. The lowest BCUT2D eigenvalue weighted by Crippen LogP contribution is -2.52. The van der Waals surface area contributed by atoms with E-state index < -0.39 is 70.7 Å². The maximum absolute atomic E-state index is 15.3. The third-order valence-electron chi connectivity index (χ3n) is 10.4. The van der Waals surface area contributed by atoms with Gasteiger partial charge < -0.3 is 49.7 Å². The number of nitrogens with zero attached hydrogens (tertiary/aromatic N) is 6. The van der Waals surface area contributed by atoms with Gasteiger partial charge in [-0.2, -0.15) is 5.10 Å². The number of amides is 5. The first kappa shape index (κ1) is 62.1. The SMILES string of the molecule is CCOc1cc(F)c(Cn2nc(-c3ncc(OCCCOC(=O)[C@H](C)NC(=O)[C@H](CCCN=C(NC(=O)OC(C)(C)C)NC(=O)OC(C)(C)C)NC(=O)OC(C)(C)C)c(Nc4ccnc(NC(C)=O)c4)n3)c3ccccc32)c(F)c1. The molecule has 0 spiro atoms. The van der Waals surface area contributed by atoms with Gasteiger partial charge in [-0.1, -0.05) is 18.2 Å². The normalized spacial score (nSPS) is 12.2. The molecule has 0 saturated carbocycles. The van der Waals surface area contributed by atoms with Gasteiger partial charge in [0.25, 0.3) is 0 Å². The van der Waals surface area contributed by atoms with Crippen molar-refractivity contribution in [1.82, 2.24) is 46.0 Å². The Hall–Kier alpha value is -8.71. The zero-order chi connectivity index (χ0) is 59.0. The summed E-state index contributed by atoms with van der Waals surface area (Å²) < 4.78 is 64.8. The molecule has 6 N–H and O–H groups in total. The number of alkyl carbamates (subject to hydrolysis) is 3. The monoisotopic (exact) mass is 1120 g/mol. The number of hydrogen-bond donors (Lipinski definition) is 6. The lowest BCUT2D eigenvalue weighted by molar-refractivity contribution is -0.147. The minimum Gasteiger partial charge on any atom is -0.494 e. The van der Waals surface area contributed by atoms with Crippen LogP contribution in [0, 0.1) is 11.6 Å². The van der Waals surface area contributed by atoms with E-state index in [1.165, 1.54) is 30.9 Å². The number of pyridine rings is 1. The Labute approximate surface area is 461 Å². The summed E-state index contributed by atoms with van der Waals surface area (Å²) in [6.45, 7) is 19.0. The van der Waals surface area contributed by atoms with Gasteiger partial charge >= 0.3 is 24.2 Å². The molecule has 5 rings (SSSR count). The van der Waals surface area contributed by atoms with E-state index >= 15 is 8.78 Å². The molecule has 0 radical (unpaired) electrons. The van der Waals surface area contributed by atoms with Crippen LogP contribution >= 0.6 is 0 Å². The number of rotatable bonds is 21. The van der Waals surface area contributed by atoms with Gasteiger partial charge in [-0.05, 0) is 101 Å². The summed E-state index contributed by atoms with van der Waals surface area (Å²) in [5, 5.41) is 20.9. The summed E-state index contributed by atoms with van der Waals surface area (Å²) in [5.41, 5.74) is -1.59. The van der Waals surface area contributed by atoms with Crippen LogP contribution in [0.5, 0.6) is 11.5 Å². The molecule has 0 saturated heterocycles. The van der Waals surface area contributed by atoms with E-state index in [-0.39, 0.29) is 104 Å². The first-order chi connectivity index (χ1) is 37.6. The van der Waals surface area contributed by atoms with Crippen molar-refractivity contribution < 1.29 is 66.0 Å². The van der Waals surface area contributed by atoms with E-state index in [0.717, 1.165) is 12.1 Å². The highest BCUT2D eigenvalue weighted by molar-refractivity contribution is 6.01. The molecule has 5 amide bonds. The van der Waals surface area contributed by atoms with E-state index in [2.05, 4.69) is 46.9 Å². The van der Waals surface area contributed by atoms with Crippen LogP contribution in [0.1, 0.15) is 108 Å². The molecule has 2 aromatic carbocycles. The highest BCUT2D eigenvalue weighted by Gasteiger charge is 2.28. The number of halogens is 2. The zero-order valence-electron chi connectivity index (χ0n) is 46.9. The van der Waals surface area contributed by atoms with Gasteiger partial charge in [-0.25, -0.2) is 42.9 Å². The van der Waals surface area contributed by atoms with E-state index in [0.29, 0.717) is 16.6 Å².